The molecule has 2 heterocycles. The van der Waals surface area contributed by atoms with Crippen molar-refractivity contribution in [2.45, 2.75) is 6.92 Å². The summed E-state index contributed by atoms with van der Waals surface area (Å²) in [6, 6.07) is 19.8. The number of nitrogens with zero attached hydrogens (tertiary/aromatic N) is 3. The predicted molar refractivity (Wildman–Crippen MR) is 130 cm³/mol. The number of amides is 2. The molecule has 33 heavy (non-hydrogen) atoms. The highest BCUT2D eigenvalue weighted by Crippen LogP contribution is 2.24. The van der Waals surface area contributed by atoms with Gasteiger partial charge >= 0.3 is 6.03 Å². The van der Waals surface area contributed by atoms with E-state index in [0.717, 1.165) is 11.3 Å². The fourth-order valence-electron chi connectivity index (χ4n) is 3.05. The van der Waals surface area contributed by atoms with Gasteiger partial charge in [0, 0.05) is 23.6 Å². The highest BCUT2D eigenvalue weighted by Gasteiger charge is 2.07. The summed E-state index contributed by atoms with van der Waals surface area (Å²) in [5, 5.41) is 12.0. The summed E-state index contributed by atoms with van der Waals surface area (Å²) in [7, 11) is 1.56. The van der Waals surface area contributed by atoms with Gasteiger partial charge in [0.2, 0.25) is 0 Å². The summed E-state index contributed by atoms with van der Waals surface area (Å²) in [5.41, 5.74) is 3.14. The highest BCUT2D eigenvalue weighted by atomic mass is 16.5. The van der Waals surface area contributed by atoms with Gasteiger partial charge in [0.1, 0.15) is 29.5 Å². The highest BCUT2D eigenvalue weighted by molar-refractivity contribution is 6.00. The Labute approximate surface area is 191 Å². The molecule has 0 aliphatic heterocycles. The second-order valence-corrected chi connectivity index (χ2v) is 7.11. The average Bonchev–Trinajstić information content (AvgIpc) is 2.81. The molecule has 0 unspecified atom stereocenters. The van der Waals surface area contributed by atoms with E-state index >= 15 is 0 Å². The number of anilines is 6. The lowest BCUT2D eigenvalue weighted by Gasteiger charge is -2.12. The first-order valence-corrected chi connectivity index (χ1v) is 10.2. The van der Waals surface area contributed by atoms with Crippen LogP contribution in [0.1, 0.15) is 5.56 Å². The maximum absolute atomic E-state index is 12.3. The quantitative estimate of drug-likeness (QED) is 0.307. The summed E-state index contributed by atoms with van der Waals surface area (Å²) in [4.78, 5) is 25.1. The van der Waals surface area contributed by atoms with Crippen molar-refractivity contribution in [1.82, 2.24) is 15.0 Å². The Morgan fingerprint density at radius 2 is 1.48 bits per heavy atom. The van der Waals surface area contributed by atoms with Crippen molar-refractivity contribution in [2.75, 3.05) is 28.4 Å². The van der Waals surface area contributed by atoms with Crippen molar-refractivity contribution in [3.05, 3.63) is 84.8 Å². The molecule has 0 bridgehead atoms. The van der Waals surface area contributed by atoms with Gasteiger partial charge in [-0.3, -0.25) is 0 Å². The van der Waals surface area contributed by atoms with E-state index in [2.05, 4.69) is 36.2 Å². The van der Waals surface area contributed by atoms with E-state index in [1.165, 1.54) is 6.33 Å². The molecule has 0 atom stereocenters. The predicted octanol–water partition coefficient (Wildman–Crippen LogP) is 5.32. The van der Waals surface area contributed by atoms with Crippen LogP contribution in [0.3, 0.4) is 0 Å². The standard InChI is InChI=1S/C24H23N7O2/c1-16-11-12-25-21(13-16)31-23-14-22(26-15-27-23)28-17-7-9-18(10-8-17)29-24(32)30-19-5-3-4-6-20(19)33-2/h3-15H,1-2H3,(H2,29,30,32)(H2,25,26,27,28,31). The Morgan fingerprint density at radius 1 is 0.788 bits per heavy atom. The van der Waals surface area contributed by atoms with Crippen LogP contribution in [0, 0.1) is 6.92 Å². The first-order chi connectivity index (χ1) is 16.1. The molecule has 0 radical (unpaired) electrons. The van der Waals surface area contributed by atoms with Crippen molar-refractivity contribution in [1.29, 1.82) is 0 Å². The minimum atomic E-state index is -0.364. The number of aromatic nitrogens is 3. The molecule has 4 aromatic rings. The number of nitrogens with one attached hydrogen (secondary N) is 4. The van der Waals surface area contributed by atoms with E-state index in [0.29, 0.717) is 34.6 Å². The first-order valence-electron chi connectivity index (χ1n) is 10.2. The molecule has 166 valence electrons. The van der Waals surface area contributed by atoms with Crippen LogP contribution in [0.4, 0.5) is 39.3 Å². The second kappa shape index (κ2) is 10.1. The zero-order valence-electron chi connectivity index (χ0n) is 18.2. The summed E-state index contributed by atoms with van der Waals surface area (Å²) in [5.74, 6) is 2.54. The molecule has 0 saturated carbocycles. The van der Waals surface area contributed by atoms with Crippen LogP contribution in [0.2, 0.25) is 0 Å². The van der Waals surface area contributed by atoms with Crippen LogP contribution in [0.5, 0.6) is 5.75 Å². The van der Waals surface area contributed by atoms with E-state index in [1.54, 1.807) is 43.6 Å². The van der Waals surface area contributed by atoms with Crippen molar-refractivity contribution in [2.24, 2.45) is 0 Å². The van der Waals surface area contributed by atoms with E-state index in [-0.39, 0.29) is 6.03 Å². The third-order valence-electron chi connectivity index (χ3n) is 4.61. The fourth-order valence-corrected chi connectivity index (χ4v) is 3.05. The number of ether oxygens (including phenoxy) is 1. The molecule has 2 aromatic carbocycles. The molecule has 2 amide bonds. The summed E-state index contributed by atoms with van der Waals surface area (Å²) >= 11 is 0. The van der Waals surface area contributed by atoms with Crippen LogP contribution in [0.15, 0.2) is 79.3 Å². The average molecular weight is 441 g/mol. The number of para-hydroxylation sites is 2. The normalized spacial score (nSPS) is 10.2. The van der Waals surface area contributed by atoms with Crippen LogP contribution < -0.4 is 26.0 Å². The van der Waals surface area contributed by atoms with Gasteiger partial charge in [-0.25, -0.2) is 19.7 Å². The molecule has 0 spiro atoms. The van der Waals surface area contributed by atoms with Gasteiger partial charge in [0.25, 0.3) is 0 Å². The van der Waals surface area contributed by atoms with Crippen molar-refractivity contribution in [3.8, 4) is 5.75 Å². The number of benzene rings is 2. The molecule has 9 nitrogen and oxygen atoms in total. The van der Waals surface area contributed by atoms with Crippen molar-refractivity contribution >= 4 is 40.5 Å². The van der Waals surface area contributed by atoms with Crippen LogP contribution in [-0.2, 0) is 0 Å². The molecule has 0 aliphatic rings. The van der Waals surface area contributed by atoms with E-state index in [9.17, 15) is 4.79 Å². The Morgan fingerprint density at radius 3 is 2.24 bits per heavy atom. The van der Waals surface area contributed by atoms with E-state index in [1.807, 2.05) is 43.3 Å². The molecule has 9 heteroatoms. The Hall–Kier alpha value is -4.66. The van der Waals surface area contributed by atoms with E-state index < -0.39 is 0 Å². The molecular formula is C24H23N7O2. The van der Waals surface area contributed by atoms with Gasteiger partial charge in [-0.2, -0.15) is 0 Å². The summed E-state index contributed by atoms with van der Waals surface area (Å²) in [6.07, 6.45) is 3.21. The largest absolute Gasteiger partial charge is 0.495 e. The molecule has 0 saturated heterocycles. The van der Waals surface area contributed by atoms with Crippen molar-refractivity contribution < 1.29 is 9.53 Å². The maximum Gasteiger partial charge on any atom is 0.323 e. The SMILES string of the molecule is COc1ccccc1NC(=O)Nc1ccc(Nc2cc(Nc3cc(C)ccn3)ncn2)cc1. The maximum atomic E-state index is 12.3. The van der Waals surface area contributed by atoms with Crippen LogP contribution >= 0.6 is 0 Å². The van der Waals surface area contributed by atoms with Gasteiger partial charge in [-0.05, 0) is 61.0 Å². The smallest absolute Gasteiger partial charge is 0.323 e. The molecule has 4 N–H and O–H groups in total. The Bertz CT molecular complexity index is 1250. The lowest BCUT2D eigenvalue weighted by Crippen LogP contribution is -2.19. The number of rotatable bonds is 7. The molecular weight excluding hydrogens is 418 g/mol. The lowest BCUT2D eigenvalue weighted by molar-refractivity contribution is 0.262. The molecule has 4 rings (SSSR count). The second-order valence-electron chi connectivity index (χ2n) is 7.11. The fraction of sp³-hybridized carbons (Fsp3) is 0.0833. The number of aryl methyl sites for hydroxylation is 1. The number of methoxy groups -OCH3 is 1. The Kier molecular flexibility index (Phi) is 6.60. The number of hydrogen-bond acceptors (Lipinski definition) is 7. The first kappa shape index (κ1) is 21.6. The molecule has 2 aromatic heterocycles. The third-order valence-corrected chi connectivity index (χ3v) is 4.61. The summed E-state index contributed by atoms with van der Waals surface area (Å²) < 4.78 is 5.25. The number of pyridine rings is 1. The zero-order chi connectivity index (χ0) is 23.0. The lowest BCUT2D eigenvalue weighted by atomic mass is 10.2. The van der Waals surface area contributed by atoms with Gasteiger partial charge in [-0.15, -0.1) is 0 Å². The number of urea groups is 1. The minimum absolute atomic E-state index is 0.364. The van der Waals surface area contributed by atoms with Crippen LogP contribution in [0.25, 0.3) is 0 Å². The number of carbonyl (C=O) groups excluding carboxylic acids is 1. The minimum Gasteiger partial charge on any atom is -0.495 e. The molecule has 0 aliphatic carbocycles. The zero-order valence-corrected chi connectivity index (χ0v) is 18.2. The Balaban J connectivity index is 1.36. The van der Waals surface area contributed by atoms with Gasteiger partial charge < -0.3 is 26.0 Å². The van der Waals surface area contributed by atoms with Gasteiger partial charge in [-0.1, -0.05) is 12.1 Å². The molecule has 0 fully saturated rings. The monoisotopic (exact) mass is 441 g/mol. The number of hydrogen-bond donors (Lipinski definition) is 4. The van der Waals surface area contributed by atoms with Crippen molar-refractivity contribution in [3.63, 3.8) is 0 Å². The topological polar surface area (TPSA) is 113 Å². The third kappa shape index (κ3) is 5.95. The van der Waals surface area contributed by atoms with Crippen LogP contribution in [-0.4, -0.2) is 28.1 Å². The number of carbonyl (C=O) groups is 1. The summed E-state index contributed by atoms with van der Waals surface area (Å²) in [6.45, 7) is 2.00. The van der Waals surface area contributed by atoms with Gasteiger partial charge in [0.15, 0.2) is 0 Å². The van der Waals surface area contributed by atoms with E-state index in [4.69, 9.17) is 4.74 Å². The van der Waals surface area contributed by atoms with Gasteiger partial charge in [0.05, 0.1) is 12.8 Å².